The minimum Gasteiger partial charge on any atom is -0.385 e. The lowest BCUT2D eigenvalue weighted by Crippen LogP contribution is -2.12. The van der Waals surface area contributed by atoms with Crippen LogP contribution in [0.25, 0.3) is 0 Å². The third-order valence-corrected chi connectivity index (χ3v) is 2.31. The van der Waals surface area contributed by atoms with Gasteiger partial charge in [0.2, 0.25) is 0 Å². The summed E-state index contributed by atoms with van der Waals surface area (Å²) in [6.45, 7) is 0.561. The highest BCUT2D eigenvalue weighted by Gasteiger charge is 2.08. The Morgan fingerprint density at radius 2 is 2.29 bits per heavy atom. The number of rotatable bonds is 4. The Morgan fingerprint density at radius 3 is 2.86 bits per heavy atom. The Hall–Kier alpha value is -0.640. The molecular weight excluding hydrogens is 205 g/mol. The van der Waals surface area contributed by atoms with Gasteiger partial charge in [-0.3, -0.25) is 0 Å². The van der Waals surface area contributed by atoms with Gasteiger partial charge in [0.1, 0.15) is 5.82 Å². The minimum absolute atomic E-state index is 0.118. The van der Waals surface area contributed by atoms with Gasteiger partial charge in [-0.05, 0) is 24.1 Å². The average molecular weight is 218 g/mol. The van der Waals surface area contributed by atoms with Gasteiger partial charge < -0.3 is 10.5 Å². The summed E-state index contributed by atoms with van der Waals surface area (Å²) < 4.78 is 17.9. The van der Waals surface area contributed by atoms with Crippen LogP contribution in [0.3, 0.4) is 0 Å². The van der Waals surface area contributed by atoms with Crippen molar-refractivity contribution in [1.82, 2.24) is 0 Å². The van der Waals surface area contributed by atoms with E-state index in [2.05, 4.69) is 0 Å². The zero-order valence-electron chi connectivity index (χ0n) is 7.97. The molecule has 0 aliphatic carbocycles. The molecule has 0 bridgehead atoms. The van der Waals surface area contributed by atoms with E-state index in [4.69, 9.17) is 22.1 Å². The van der Waals surface area contributed by atoms with Gasteiger partial charge in [-0.25, -0.2) is 4.39 Å². The van der Waals surface area contributed by atoms with Crippen molar-refractivity contribution in [3.8, 4) is 0 Å². The van der Waals surface area contributed by atoms with Crippen LogP contribution in [0.5, 0.6) is 0 Å². The lowest BCUT2D eigenvalue weighted by molar-refractivity contribution is 0.188. The van der Waals surface area contributed by atoms with Crippen molar-refractivity contribution in [2.24, 2.45) is 5.73 Å². The van der Waals surface area contributed by atoms with E-state index < -0.39 is 5.82 Å². The highest BCUT2D eigenvalue weighted by molar-refractivity contribution is 6.30. The molecule has 0 spiro atoms. The Labute approximate surface area is 87.8 Å². The van der Waals surface area contributed by atoms with Gasteiger partial charge in [0, 0.05) is 19.8 Å². The van der Waals surface area contributed by atoms with E-state index >= 15 is 0 Å². The number of ether oxygens (including phenoxy) is 1. The van der Waals surface area contributed by atoms with Gasteiger partial charge in [0.15, 0.2) is 0 Å². The van der Waals surface area contributed by atoms with Gasteiger partial charge in [-0.1, -0.05) is 17.7 Å². The predicted octanol–water partition coefficient (Wildman–Crippen LogP) is 2.52. The van der Waals surface area contributed by atoms with Crippen LogP contribution in [0.15, 0.2) is 18.2 Å². The quantitative estimate of drug-likeness (QED) is 0.841. The SMILES string of the molecule is COCC[C@@H](N)c1ccc(Cl)c(F)c1. The molecule has 0 aliphatic heterocycles. The Balaban J connectivity index is 2.70. The van der Waals surface area contributed by atoms with E-state index in [0.717, 1.165) is 5.56 Å². The summed E-state index contributed by atoms with van der Waals surface area (Å²) in [7, 11) is 1.61. The minimum atomic E-state index is -0.433. The van der Waals surface area contributed by atoms with Gasteiger partial charge >= 0.3 is 0 Å². The van der Waals surface area contributed by atoms with Crippen molar-refractivity contribution in [2.75, 3.05) is 13.7 Å². The molecule has 1 aromatic rings. The molecule has 1 aromatic carbocycles. The van der Waals surface area contributed by atoms with Crippen LogP contribution < -0.4 is 5.73 Å². The third kappa shape index (κ3) is 2.94. The standard InChI is InChI=1S/C10H13ClFNO/c1-14-5-4-10(13)7-2-3-8(11)9(12)6-7/h2-3,6,10H,4-5,13H2,1H3/t10-/m1/s1. The van der Waals surface area contributed by atoms with Gasteiger partial charge in [-0.2, -0.15) is 0 Å². The second-order valence-corrected chi connectivity index (χ2v) is 3.47. The van der Waals surface area contributed by atoms with Crippen LogP contribution >= 0.6 is 11.6 Å². The smallest absolute Gasteiger partial charge is 0.142 e. The van der Waals surface area contributed by atoms with Crippen LogP contribution in [-0.4, -0.2) is 13.7 Å². The lowest BCUT2D eigenvalue weighted by Gasteiger charge is -2.11. The molecule has 0 fully saturated rings. The van der Waals surface area contributed by atoms with Gasteiger partial charge in [0.05, 0.1) is 5.02 Å². The van der Waals surface area contributed by atoms with Crippen molar-refractivity contribution in [3.63, 3.8) is 0 Å². The Morgan fingerprint density at radius 1 is 1.57 bits per heavy atom. The third-order valence-electron chi connectivity index (χ3n) is 2.00. The van der Waals surface area contributed by atoms with Gasteiger partial charge in [-0.15, -0.1) is 0 Å². The Bertz CT molecular complexity index is 306. The fourth-order valence-corrected chi connectivity index (χ4v) is 1.27. The highest BCUT2D eigenvalue weighted by Crippen LogP contribution is 2.20. The second kappa shape index (κ2) is 5.29. The number of hydrogen-bond donors (Lipinski definition) is 1. The molecule has 2 N–H and O–H groups in total. The molecule has 0 aliphatic rings. The fourth-order valence-electron chi connectivity index (χ4n) is 1.15. The molecule has 0 amide bonds. The van der Waals surface area contributed by atoms with E-state index in [0.29, 0.717) is 13.0 Å². The first kappa shape index (κ1) is 11.4. The summed E-state index contributed by atoms with van der Waals surface area (Å²) in [5.41, 5.74) is 6.55. The van der Waals surface area contributed by atoms with Crippen LogP contribution in [0.4, 0.5) is 4.39 Å². The number of nitrogens with two attached hydrogens (primary N) is 1. The van der Waals surface area contributed by atoms with Crippen LogP contribution in [-0.2, 0) is 4.74 Å². The van der Waals surface area contributed by atoms with E-state index in [1.165, 1.54) is 12.1 Å². The molecule has 14 heavy (non-hydrogen) atoms. The van der Waals surface area contributed by atoms with Crippen LogP contribution in [0.1, 0.15) is 18.0 Å². The fraction of sp³-hybridized carbons (Fsp3) is 0.400. The molecule has 2 nitrogen and oxygen atoms in total. The number of hydrogen-bond acceptors (Lipinski definition) is 2. The van der Waals surface area contributed by atoms with E-state index in [1.807, 2.05) is 0 Å². The topological polar surface area (TPSA) is 35.2 Å². The first-order valence-corrected chi connectivity index (χ1v) is 4.72. The number of methoxy groups -OCH3 is 1. The first-order chi connectivity index (χ1) is 6.65. The van der Waals surface area contributed by atoms with E-state index in [1.54, 1.807) is 13.2 Å². The molecule has 0 aromatic heterocycles. The van der Waals surface area contributed by atoms with Crippen molar-refractivity contribution < 1.29 is 9.13 Å². The normalized spacial score (nSPS) is 12.9. The van der Waals surface area contributed by atoms with Crippen LogP contribution in [0, 0.1) is 5.82 Å². The van der Waals surface area contributed by atoms with Crippen molar-refractivity contribution in [3.05, 3.63) is 34.6 Å². The maximum absolute atomic E-state index is 13.0. The molecule has 0 saturated carbocycles. The molecule has 1 atom stereocenters. The number of benzene rings is 1. The molecule has 0 radical (unpaired) electrons. The molecule has 78 valence electrons. The maximum atomic E-state index is 13.0. The maximum Gasteiger partial charge on any atom is 0.142 e. The zero-order chi connectivity index (χ0) is 10.6. The summed E-state index contributed by atoms with van der Waals surface area (Å²) in [5.74, 6) is -0.433. The summed E-state index contributed by atoms with van der Waals surface area (Å²) in [4.78, 5) is 0. The largest absolute Gasteiger partial charge is 0.385 e. The Kier molecular flexibility index (Phi) is 4.32. The molecule has 1 rings (SSSR count). The van der Waals surface area contributed by atoms with E-state index in [-0.39, 0.29) is 11.1 Å². The second-order valence-electron chi connectivity index (χ2n) is 3.06. The predicted molar refractivity (Wildman–Crippen MR) is 54.8 cm³/mol. The number of halogens is 2. The summed E-state index contributed by atoms with van der Waals surface area (Å²) in [6.07, 6.45) is 0.664. The molecule has 0 unspecified atom stereocenters. The first-order valence-electron chi connectivity index (χ1n) is 4.34. The summed E-state index contributed by atoms with van der Waals surface area (Å²) >= 11 is 5.55. The van der Waals surface area contributed by atoms with Crippen molar-refractivity contribution in [2.45, 2.75) is 12.5 Å². The summed E-state index contributed by atoms with van der Waals surface area (Å²) in [5, 5.41) is 0.118. The summed E-state index contributed by atoms with van der Waals surface area (Å²) in [6, 6.07) is 4.40. The van der Waals surface area contributed by atoms with Gasteiger partial charge in [0.25, 0.3) is 0 Å². The van der Waals surface area contributed by atoms with Crippen molar-refractivity contribution in [1.29, 1.82) is 0 Å². The van der Waals surface area contributed by atoms with E-state index in [9.17, 15) is 4.39 Å². The van der Waals surface area contributed by atoms with Crippen molar-refractivity contribution >= 4 is 11.6 Å². The molecule has 0 saturated heterocycles. The average Bonchev–Trinajstić information content (AvgIpc) is 2.18. The monoisotopic (exact) mass is 217 g/mol. The molecule has 0 heterocycles. The lowest BCUT2D eigenvalue weighted by atomic mass is 10.1. The van der Waals surface area contributed by atoms with Crippen LogP contribution in [0.2, 0.25) is 5.02 Å². The molecular formula is C10H13ClFNO. The zero-order valence-corrected chi connectivity index (χ0v) is 8.72. The highest BCUT2D eigenvalue weighted by atomic mass is 35.5. The molecule has 4 heteroatoms.